The van der Waals surface area contributed by atoms with Crippen LogP contribution in [0, 0.1) is 17.8 Å². The minimum Gasteiger partial charge on any atom is -0.497 e. The molecule has 0 aliphatic carbocycles. The Hall–Kier alpha value is -1.64. The van der Waals surface area contributed by atoms with Crippen LogP contribution in [0.1, 0.15) is 107 Å². The van der Waals surface area contributed by atoms with Crippen molar-refractivity contribution >= 4 is 11.6 Å². The van der Waals surface area contributed by atoms with Crippen LogP contribution in [0.5, 0.6) is 5.75 Å². The predicted molar refractivity (Wildman–Crippen MR) is 132 cm³/mol. The Kier molecular flexibility index (Phi) is 22.7. The van der Waals surface area contributed by atoms with E-state index in [1.54, 1.807) is 14.0 Å². The molecule has 2 unspecified atom stereocenters. The summed E-state index contributed by atoms with van der Waals surface area (Å²) in [6.45, 7) is 22.3. The number of rotatable bonds is 7. The van der Waals surface area contributed by atoms with E-state index in [2.05, 4.69) is 72.7 Å². The van der Waals surface area contributed by atoms with Gasteiger partial charge in [0.25, 0.3) is 0 Å². The van der Waals surface area contributed by atoms with Crippen LogP contribution in [-0.4, -0.2) is 18.7 Å². The van der Waals surface area contributed by atoms with E-state index in [9.17, 15) is 9.59 Å². The number of Topliss-reactive ketones (excluding diaryl/α,β-unsaturated/α-hetero) is 2. The van der Waals surface area contributed by atoms with Gasteiger partial charge in [-0.15, -0.1) is 0 Å². The molecule has 1 aromatic rings. The lowest BCUT2D eigenvalue weighted by molar-refractivity contribution is -0.117. The molecule has 0 spiro atoms. The van der Waals surface area contributed by atoms with E-state index < -0.39 is 0 Å². The molecule has 1 rings (SSSR count). The van der Waals surface area contributed by atoms with Gasteiger partial charge in [0.2, 0.25) is 0 Å². The highest BCUT2D eigenvalue weighted by molar-refractivity contribution is 5.74. The van der Waals surface area contributed by atoms with Crippen LogP contribution in [0.4, 0.5) is 0 Å². The van der Waals surface area contributed by atoms with E-state index in [1.165, 1.54) is 32.3 Å². The number of carbonyl (C=O) groups excluding carboxylic acids is 2. The topological polar surface area (TPSA) is 43.4 Å². The molecule has 0 N–H and O–H groups in total. The molecule has 3 heteroatoms. The SMILES string of the molecule is CC(C)=O.CC(C)C.CCC(C)=O.COc1ccc(C(C)C(C)CCC(C)C)cc1. The van der Waals surface area contributed by atoms with Crippen molar-refractivity contribution in [2.24, 2.45) is 17.8 Å². The van der Waals surface area contributed by atoms with Crippen molar-refractivity contribution in [2.75, 3.05) is 7.11 Å². The number of ketones is 2. The van der Waals surface area contributed by atoms with Crippen LogP contribution in [0.2, 0.25) is 0 Å². The summed E-state index contributed by atoms with van der Waals surface area (Å²) in [5.74, 6) is 4.37. The van der Waals surface area contributed by atoms with Gasteiger partial charge in [0.1, 0.15) is 17.3 Å². The van der Waals surface area contributed by atoms with Gasteiger partial charge < -0.3 is 14.3 Å². The normalized spacial score (nSPS) is 11.7. The first-order chi connectivity index (χ1) is 13.8. The van der Waals surface area contributed by atoms with Crippen molar-refractivity contribution in [3.8, 4) is 5.75 Å². The monoisotopic (exact) mass is 422 g/mol. The number of benzene rings is 1. The predicted octanol–water partition coefficient (Wildman–Crippen LogP) is 8.11. The zero-order chi connectivity index (χ0) is 24.3. The van der Waals surface area contributed by atoms with Gasteiger partial charge >= 0.3 is 0 Å². The maximum Gasteiger partial charge on any atom is 0.129 e. The van der Waals surface area contributed by atoms with Gasteiger partial charge in [-0.3, -0.25) is 0 Å². The van der Waals surface area contributed by atoms with Gasteiger partial charge in [0.05, 0.1) is 7.11 Å². The fraction of sp³-hybridized carbons (Fsp3) is 0.704. The first kappa shape index (κ1) is 33.0. The molecule has 1 aromatic carbocycles. The van der Waals surface area contributed by atoms with Crippen LogP contribution < -0.4 is 4.74 Å². The molecular formula is C27H50O3. The first-order valence-corrected chi connectivity index (χ1v) is 11.4. The molecule has 0 bridgehead atoms. The Labute approximate surface area is 188 Å². The molecule has 3 nitrogen and oxygen atoms in total. The fourth-order valence-electron chi connectivity index (χ4n) is 2.08. The quantitative estimate of drug-likeness (QED) is 0.445. The molecule has 0 saturated carbocycles. The standard InChI is InChI=1S/C16H26O.C4H8O.C4H10.C3H6O/c1-12(2)6-7-13(3)14(4)15-8-10-16(17-5)11-9-15;1-3-4(2)5;1-4(2)3;1-3(2)4/h8-14H,6-7H2,1-5H3;3H2,1-2H3;4H,1-3H3;1-2H3. The molecule has 176 valence electrons. The Bertz CT molecular complexity index is 523. The largest absolute Gasteiger partial charge is 0.497 e. The summed E-state index contributed by atoms with van der Waals surface area (Å²) < 4.78 is 5.19. The highest BCUT2D eigenvalue weighted by Gasteiger charge is 2.14. The van der Waals surface area contributed by atoms with Crippen molar-refractivity contribution < 1.29 is 14.3 Å². The molecule has 30 heavy (non-hydrogen) atoms. The summed E-state index contributed by atoms with van der Waals surface area (Å²) in [6, 6.07) is 8.49. The van der Waals surface area contributed by atoms with Crippen molar-refractivity contribution in [1.82, 2.24) is 0 Å². The first-order valence-electron chi connectivity index (χ1n) is 11.4. The molecular weight excluding hydrogens is 372 g/mol. The smallest absolute Gasteiger partial charge is 0.129 e. The summed E-state index contributed by atoms with van der Waals surface area (Å²) in [7, 11) is 1.71. The Balaban J connectivity index is -0.000000459. The van der Waals surface area contributed by atoms with Crippen molar-refractivity contribution in [1.29, 1.82) is 0 Å². The maximum absolute atomic E-state index is 9.81. The average Bonchev–Trinajstić information content (AvgIpc) is 2.65. The second-order valence-electron chi connectivity index (χ2n) is 9.21. The third kappa shape index (κ3) is 26.4. The summed E-state index contributed by atoms with van der Waals surface area (Å²) in [4.78, 5) is 19.3. The van der Waals surface area contributed by atoms with E-state index in [4.69, 9.17) is 4.74 Å². The lowest BCUT2D eigenvalue weighted by Gasteiger charge is -2.21. The number of hydrogen-bond donors (Lipinski definition) is 0. The van der Waals surface area contributed by atoms with Crippen LogP contribution in [0.15, 0.2) is 24.3 Å². The van der Waals surface area contributed by atoms with E-state index in [-0.39, 0.29) is 11.6 Å². The van der Waals surface area contributed by atoms with Gasteiger partial charge in [0.15, 0.2) is 0 Å². The second kappa shape index (κ2) is 20.6. The van der Waals surface area contributed by atoms with Crippen molar-refractivity contribution in [2.45, 2.75) is 101 Å². The van der Waals surface area contributed by atoms with Gasteiger partial charge in [-0.1, -0.05) is 73.9 Å². The third-order valence-electron chi connectivity index (χ3n) is 4.19. The minimum absolute atomic E-state index is 0.167. The number of methoxy groups -OCH3 is 1. The molecule has 0 amide bonds. The highest BCUT2D eigenvalue weighted by atomic mass is 16.5. The summed E-state index contributed by atoms with van der Waals surface area (Å²) in [5, 5.41) is 0. The zero-order valence-electron chi connectivity index (χ0n) is 22.0. The Morgan fingerprint density at radius 2 is 1.20 bits per heavy atom. The molecule has 0 fully saturated rings. The third-order valence-corrected chi connectivity index (χ3v) is 4.19. The minimum atomic E-state index is 0.167. The zero-order valence-corrected chi connectivity index (χ0v) is 22.0. The van der Waals surface area contributed by atoms with Crippen LogP contribution in [0.25, 0.3) is 0 Å². The molecule has 0 aliphatic rings. The van der Waals surface area contributed by atoms with E-state index in [0.29, 0.717) is 12.3 Å². The molecule has 0 aromatic heterocycles. The number of hydrogen-bond acceptors (Lipinski definition) is 3. The molecule has 0 aliphatic heterocycles. The number of ether oxygens (including phenoxy) is 1. The lowest BCUT2D eigenvalue weighted by atomic mass is 9.84. The van der Waals surface area contributed by atoms with Crippen LogP contribution >= 0.6 is 0 Å². The van der Waals surface area contributed by atoms with E-state index in [0.717, 1.165) is 23.5 Å². The van der Waals surface area contributed by atoms with E-state index in [1.807, 2.05) is 6.92 Å². The van der Waals surface area contributed by atoms with E-state index >= 15 is 0 Å². The Morgan fingerprint density at radius 1 is 0.833 bits per heavy atom. The van der Waals surface area contributed by atoms with Gasteiger partial charge in [-0.05, 0) is 68.6 Å². The van der Waals surface area contributed by atoms with Gasteiger partial charge in [0, 0.05) is 6.42 Å². The van der Waals surface area contributed by atoms with Crippen LogP contribution in [0.3, 0.4) is 0 Å². The second-order valence-corrected chi connectivity index (χ2v) is 9.21. The summed E-state index contributed by atoms with van der Waals surface area (Å²) >= 11 is 0. The van der Waals surface area contributed by atoms with Crippen LogP contribution in [-0.2, 0) is 9.59 Å². The lowest BCUT2D eigenvalue weighted by Crippen LogP contribution is -2.07. The van der Waals surface area contributed by atoms with Gasteiger partial charge in [-0.2, -0.15) is 0 Å². The molecule has 0 saturated heterocycles. The molecule has 0 heterocycles. The summed E-state index contributed by atoms with van der Waals surface area (Å²) in [6.07, 6.45) is 3.30. The highest BCUT2D eigenvalue weighted by Crippen LogP contribution is 2.29. The Morgan fingerprint density at radius 3 is 1.47 bits per heavy atom. The molecule has 2 atom stereocenters. The van der Waals surface area contributed by atoms with Gasteiger partial charge in [-0.25, -0.2) is 0 Å². The van der Waals surface area contributed by atoms with Crippen molar-refractivity contribution in [3.63, 3.8) is 0 Å². The fourth-order valence-corrected chi connectivity index (χ4v) is 2.08. The van der Waals surface area contributed by atoms with Crippen molar-refractivity contribution in [3.05, 3.63) is 29.8 Å². The molecule has 0 radical (unpaired) electrons. The average molecular weight is 423 g/mol. The summed E-state index contributed by atoms with van der Waals surface area (Å²) in [5.41, 5.74) is 1.42. The number of carbonyl (C=O) groups is 2. The maximum atomic E-state index is 9.81.